The van der Waals surface area contributed by atoms with Crippen molar-refractivity contribution in [1.29, 1.82) is 0 Å². The van der Waals surface area contributed by atoms with Crippen LogP contribution in [0.25, 0.3) is 0 Å². The first-order chi connectivity index (χ1) is 13.3. The monoisotopic (exact) mass is 424 g/mol. The number of hydrogen-bond acceptors (Lipinski definition) is 6. The molecule has 0 aliphatic carbocycles. The number of hydrogen-bond donors (Lipinski definition) is 1. The van der Waals surface area contributed by atoms with E-state index >= 15 is 0 Å². The Morgan fingerprint density at radius 2 is 1.75 bits per heavy atom. The smallest absolute Gasteiger partial charge is 0.292 e. The molecule has 10 heteroatoms. The average molecular weight is 425 g/mol. The standard InChI is InChI=1S/C18H21ClN4O4S/c1-2-20-17-13-15(5-8-18(17)23(24)25)21-9-11-22(12-10-21)28(26,27)16-6-3-14(19)4-7-16/h3-8,13,20H,2,9-12H2,1H3. The SMILES string of the molecule is CCNc1cc(N2CCN(S(=O)(=O)c3ccc(Cl)cc3)CC2)ccc1[N+](=O)[O-]. The molecule has 2 aromatic rings. The van der Waals surface area contributed by atoms with E-state index in [9.17, 15) is 18.5 Å². The van der Waals surface area contributed by atoms with E-state index in [1.54, 1.807) is 24.3 Å². The van der Waals surface area contributed by atoms with Gasteiger partial charge in [-0.05, 0) is 43.3 Å². The highest BCUT2D eigenvalue weighted by atomic mass is 35.5. The van der Waals surface area contributed by atoms with Gasteiger partial charge in [0.1, 0.15) is 5.69 Å². The topological polar surface area (TPSA) is 95.8 Å². The normalized spacial score (nSPS) is 15.4. The van der Waals surface area contributed by atoms with Crippen LogP contribution in [0.5, 0.6) is 0 Å². The molecule has 1 aliphatic heterocycles. The fraction of sp³-hybridized carbons (Fsp3) is 0.333. The predicted molar refractivity (Wildman–Crippen MR) is 110 cm³/mol. The van der Waals surface area contributed by atoms with Crippen molar-refractivity contribution in [2.45, 2.75) is 11.8 Å². The number of nitro groups is 1. The van der Waals surface area contributed by atoms with Gasteiger partial charge in [0.2, 0.25) is 10.0 Å². The molecule has 0 saturated carbocycles. The van der Waals surface area contributed by atoms with Gasteiger partial charge in [-0.3, -0.25) is 10.1 Å². The first kappa shape index (κ1) is 20.4. The van der Waals surface area contributed by atoms with Crippen molar-refractivity contribution in [3.63, 3.8) is 0 Å². The Morgan fingerprint density at radius 1 is 1.11 bits per heavy atom. The minimum atomic E-state index is -3.57. The summed E-state index contributed by atoms with van der Waals surface area (Å²) in [6.07, 6.45) is 0. The van der Waals surface area contributed by atoms with Gasteiger partial charge < -0.3 is 10.2 Å². The summed E-state index contributed by atoms with van der Waals surface area (Å²) in [5.74, 6) is 0. The molecular weight excluding hydrogens is 404 g/mol. The Hall–Kier alpha value is -2.36. The molecule has 1 N–H and O–H groups in total. The van der Waals surface area contributed by atoms with Crippen molar-refractivity contribution in [3.05, 3.63) is 57.6 Å². The van der Waals surface area contributed by atoms with E-state index in [0.29, 0.717) is 43.4 Å². The summed E-state index contributed by atoms with van der Waals surface area (Å²) in [6.45, 7) is 4.09. The Morgan fingerprint density at radius 3 is 2.32 bits per heavy atom. The highest BCUT2D eigenvalue weighted by Crippen LogP contribution is 2.30. The van der Waals surface area contributed by atoms with Crippen LogP contribution in [-0.4, -0.2) is 50.4 Å². The average Bonchev–Trinajstić information content (AvgIpc) is 2.68. The molecule has 8 nitrogen and oxygen atoms in total. The second kappa shape index (κ2) is 8.34. The zero-order chi connectivity index (χ0) is 20.3. The number of anilines is 2. The molecule has 1 aliphatic rings. The van der Waals surface area contributed by atoms with Crippen molar-refractivity contribution in [1.82, 2.24) is 4.31 Å². The molecule has 3 rings (SSSR count). The third-order valence-corrected chi connectivity index (χ3v) is 6.76. The number of sulfonamides is 1. The molecule has 0 amide bonds. The van der Waals surface area contributed by atoms with Crippen LogP contribution in [0.3, 0.4) is 0 Å². The predicted octanol–water partition coefficient (Wildman–Crippen LogP) is 3.19. The Labute approximate surface area is 168 Å². The molecular formula is C18H21ClN4O4S. The molecule has 0 aromatic heterocycles. The zero-order valence-electron chi connectivity index (χ0n) is 15.3. The zero-order valence-corrected chi connectivity index (χ0v) is 16.9. The molecule has 0 spiro atoms. The largest absolute Gasteiger partial charge is 0.380 e. The van der Waals surface area contributed by atoms with E-state index in [1.807, 2.05) is 11.8 Å². The van der Waals surface area contributed by atoms with Crippen molar-refractivity contribution in [2.24, 2.45) is 0 Å². The van der Waals surface area contributed by atoms with Gasteiger partial charge in [0, 0.05) is 49.5 Å². The van der Waals surface area contributed by atoms with E-state index < -0.39 is 14.9 Å². The fourth-order valence-corrected chi connectivity index (χ4v) is 4.70. The van der Waals surface area contributed by atoms with Gasteiger partial charge >= 0.3 is 0 Å². The number of nitrogens with one attached hydrogen (secondary N) is 1. The van der Waals surface area contributed by atoms with E-state index in [4.69, 9.17) is 11.6 Å². The summed E-state index contributed by atoms with van der Waals surface area (Å²) in [7, 11) is -3.57. The van der Waals surface area contributed by atoms with Crippen LogP contribution in [-0.2, 0) is 10.0 Å². The molecule has 0 atom stereocenters. The molecule has 28 heavy (non-hydrogen) atoms. The van der Waals surface area contributed by atoms with Crippen molar-refractivity contribution in [3.8, 4) is 0 Å². The van der Waals surface area contributed by atoms with E-state index in [-0.39, 0.29) is 10.6 Å². The third kappa shape index (κ3) is 4.21. The highest BCUT2D eigenvalue weighted by Gasteiger charge is 2.29. The molecule has 0 unspecified atom stereocenters. The lowest BCUT2D eigenvalue weighted by molar-refractivity contribution is -0.383. The van der Waals surface area contributed by atoms with Crippen LogP contribution in [0.2, 0.25) is 5.02 Å². The van der Waals surface area contributed by atoms with Gasteiger partial charge in [-0.25, -0.2) is 8.42 Å². The minimum absolute atomic E-state index is 0.0227. The summed E-state index contributed by atoms with van der Waals surface area (Å²) in [5, 5.41) is 14.7. The summed E-state index contributed by atoms with van der Waals surface area (Å²) >= 11 is 5.84. The Bertz CT molecular complexity index is 958. The van der Waals surface area contributed by atoms with Gasteiger partial charge in [0.05, 0.1) is 9.82 Å². The molecule has 1 saturated heterocycles. The van der Waals surface area contributed by atoms with Gasteiger partial charge in [0.25, 0.3) is 5.69 Å². The van der Waals surface area contributed by atoms with Crippen molar-refractivity contribution < 1.29 is 13.3 Å². The lowest BCUT2D eigenvalue weighted by atomic mass is 10.2. The maximum absolute atomic E-state index is 12.8. The summed E-state index contributed by atoms with van der Waals surface area (Å²) in [5.41, 5.74) is 1.31. The quantitative estimate of drug-likeness (QED) is 0.565. The second-order valence-electron chi connectivity index (χ2n) is 6.33. The number of benzene rings is 2. The molecule has 150 valence electrons. The van der Waals surface area contributed by atoms with E-state index in [0.717, 1.165) is 5.69 Å². The first-order valence-electron chi connectivity index (χ1n) is 8.86. The van der Waals surface area contributed by atoms with E-state index in [1.165, 1.54) is 22.5 Å². The summed E-state index contributed by atoms with van der Waals surface area (Å²) in [4.78, 5) is 13.0. The lowest BCUT2D eigenvalue weighted by Gasteiger charge is -2.35. The summed E-state index contributed by atoms with van der Waals surface area (Å²) < 4.78 is 27.0. The molecule has 0 radical (unpaired) electrons. The van der Waals surface area contributed by atoms with Gasteiger partial charge in [-0.15, -0.1) is 0 Å². The maximum Gasteiger partial charge on any atom is 0.292 e. The number of nitrogens with zero attached hydrogens (tertiary/aromatic N) is 3. The molecule has 2 aromatic carbocycles. The lowest BCUT2D eigenvalue weighted by Crippen LogP contribution is -2.48. The van der Waals surface area contributed by atoms with Crippen molar-refractivity contribution in [2.75, 3.05) is 42.9 Å². The van der Waals surface area contributed by atoms with E-state index in [2.05, 4.69) is 5.32 Å². The Kier molecular flexibility index (Phi) is 6.07. The number of nitro benzene ring substituents is 1. The van der Waals surface area contributed by atoms with Crippen LogP contribution in [0, 0.1) is 10.1 Å². The van der Waals surface area contributed by atoms with Crippen LogP contribution in [0.1, 0.15) is 6.92 Å². The van der Waals surface area contributed by atoms with Crippen LogP contribution in [0.15, 0.2) is 47.4 Å². The van der Waals surface area contributed by atoms with Crippen LogP contribution < -0.4 is 10.2 Å². The number of rotatable bonds is 6. The van der Waals surface area contributed by atoms with Gasteiger partial charge in [0.15, 0.2) is 0 Å². The Balaban J connectivity index is 1.74. The van der Waals surface area contributed by atoms with Gasteiger partial charge in [-0.1, -0.05) is 11.6 Å². The number of piperazine rings is 1. The fourth-order valence-electron chi connectivity index (χ4n) is 3.15. The minimum Gasteiger partial charge on any atom is -0.380 e. The third-order valence-electron chi connectivity index (χ3n) is 4.60. The highest BCUT2D eigenvalue weighted by molar-refractivity contribution is 7.89. The first-order valence-corrected chi connectivity index (χ1v) is 10.7. The molecule has 1 fully saturated rings. The molecule has 0 bridgehead atoms. The van der Waals surface area contributed by atoms with Crippen LogP contribution >= 0.6 is 11.6 Å². The van der Waals surface area contributed by atoms with Crippen LogP contribution in [0.4, 0.5) is 17.1 Å². The second-order valence-corrected chi connectivity index (χ2v) is 8.71. The maximum atomic E-state index is 12.8. The number of halogens is 1. The van der Waals surface area contributed by atoms with Crippen molar-refractivity contribution >= 4 is 38.7 Å². The molecule has 1 heterocycles. The summed E-state index contributed by atoms with van der Waals surface area (Å²) in [6, 6.07) is 11.0. The van der Waals surface area contributed by atoms with Gasteiger partial charge in [-0.2, -0.15) is 4.31 Å².